The minimum Gasteiger partial charge on any atom is -0.454 e. The van der Waals surface area contributed by atoms with Gasteiger partial charge in [-0.1, -0.05) is 67.6 Å². The minimum atomic E-state index is -3.69. The number of nitrogens with zero attached hydrogens (tertiary/aromatic N) is 4. The van der Waals surface area contributed by atoms with Gasteiger partial charge in [-0.05, 0) is 110 Å². The van der Waals surface area contributed by atoms with Crippen molar-refractivity contribution in [3.8, 4) is 23.0 Å². The van der Waals surface area contributed by atoms with Gasteiger partial charge in [0.2, 0.25) is 14.3 Å². The molecule has 1 spiro atoms. The van der Waals surface area contributed by atoms with Gasteiger partial charge >= 0.3 is 0 Å². The average molecular weight is 929 g/mol. The van der Waals surface area contributed by atoms with Crippen molar-refractivity contribution in [2.24, 2.45) is 5.92 Å². The molecule has 5 aliphatic rings. The van der Waals surface area contributed by atoms with Crippen LogP contribution in [-0.2, 0) is 26.5 Å². The Balaban J connectivity index is 1.01. The highest BCUT2D eigenvalue weighted by Crippen LogP contribution is 2.61. The fourth-order valence-corrected chi connectivity index (χ4v) is 13.7. The van der Waals surface area contributed by atoms with E-state index in [0.29, 0.717) is 81.1 Å². The number of ether oxygens (including phenoxy) is 3. The van der Waals surface area contributed by atoms with Crippen LogP contribution in [0.1, 0.15) is 58.0 Å². The molecule has 6 aromatic carbocycles. The van der Waals surface area contributed by atoms with Crippen molar-refractivity contribution in [2.75, 3.05) is 27.9 Å². The van der Waals surface area contributed by atoms with Gasteiger partial charge < -0.3 is 33.2 Å². The lowest BCUT2D eigenvalue weighted by Crippen LogP contribution is -2.45. The molecule has 0 aliphatic carbocycles. The Kier molecular flexibility index (Phi) is 10.6. The number of para-hydroxylation sites is 6. The quantitative estimate of drug-likeness (QED) is 0.118. The number of hydrogen-bond acceptors (Lipinski definition) is 8. The summed E-state index contributed by atoms with van der Waals surface area (Å²) in [7, 11) is -3.69. The smallest absolute Gasteiger partial charge is 0.266 e. The normalized spacial score (nSPS) is 22.8. The zero-order chi connectivity index (χ0) is 47.1. The number of hydrogen-bond donors (Lipinski definition) is 1. The Morgan fingerprint density at radius 1 is 0.721 bits per heavy atom. The molecular formula is C54H49FN4O8Si. The topological polar surface area (TPSA) is 129 Å². The zero-order valence-corrected chi connectivity index (χ0v) is 38.8. The van der Waals surface area contributed by atoms with Crippen molar-refractivity contribution in [1.29, 1.82) is 0 Å². The van der Waals surface area contributed by atoms with Crippen molar-refractivity contribution in [3.05, 3.63) is 162 Å². The molecule has 5 aliphatic heterocycles. The summed E-state index contributed by atoms with van der Waals surface area (Å²) in [4.78, 5) is 65.2. The summed E-state index contributed by atoms with van der Waals surface area (Å²) in [5, 5.41) is 10.1. The van der Waals surface area contributed by atoms with Crippen LogP contribution in [0.3, 0.4) is 0 Å². The second-order valence-electron chi connectivity index (χ2n) is 18.7. The summed E-state index contributed by atoms with van der Waals surface area (Å²) in [6.45, 7) is 5.43. The largest absolute Gasteiger partial charge is 0.454 e. The first-order valence-corrected chi connectivity index (χ1v) is 26.1. The first-order valence-electron chi connectivity index (χ1n) is 23.1. The number of aliphatic hydroxyl groups is 1. The predicted molar refractivity (Wildman–Crippen MR) is 257 cm³/mol. The lowest BCUT2D eigenvalue weighted by atomic mass is 9.82. The molecule has 11 rings (SSSR count). The SMILES string of the molecule is C[C@@H]1[C@@H]([Si](C)(C)F)[C@H](CC(=O)N2CCC[C@H]2CO)O[C@@]12C(=O)N(Cc1ccc(N3C(=O)c4ccccc4Oc4ccccc43)cc1)c1ccc(N3C(=O)c4ccccc4Oc4ccccc43)cc12. The Morgan fingerprint density at radius 2 is 1.26 bits per heavy atom. The van der Waals surface area contributed by atoms with Crippen LogP contribution >= 0.6 is 0 Å². The monoisotopic (exact) mass is 928 g/mol. The average Bonchev–Trinajstić information content (AvgIpc) is 3.95. The molecule has 344 valence electrons. The van der Waals surface area contributed by atoms with Crippen LogP contribution in [0.5, 0.6) is 23.0 Å². The number of carbonyl (C=O) groups is 4. The van der Waals surface area contributed by atoms with E-state index in [1.165, 1.54) is 0 Å². The maximum absolute atomic E-state index is 17.0. The molecule has 0 radical (unpaired) electrons. The van der Waals surface area contributed by atoms with Crippen molar-refractivity contribution >= 4 is 60.5 Å². The lowest BCUT2D eigenvalue weighted by molar-refractivity contribution is -0.150. The molecule has 5 atom stereocenters. The third-order valence-electron chi connectivity index (χ3n) is 14.3. The third-order valence-corrected chi connectivity index (χ3v) is 16.8. The van der Waals surface area contributed by atoms with Crippen LogP contribution in [0.25, 0.3) is 0 Å². The number of amides is 4. The molecule has 2 fully saturated rings. The van der Waals surface area contributed by atoms with Crippen LogP contribution in [0.15, 0.2) is 140 Å². The van der Waals surface area contributed by atoms with E-state index in [4.69, 9.17) is 14.2 Å². The molecule has 0 saturated carbocycles. The molecule has 68 heavy (non-hydrogen) atoms. The highest BCUT2D eigenvalue weighted by molar-refractivity contribution is 6.72. The van der Waals surface area contributed by atoms with E-state index in [0.717, 1.165) is 12.0 Å². The molecule has 5 heterocycles. The van der Waals surface area contributed by atoms with Gasteiger partial charge in [0.05, 0.1) is 59.9 Å². The van der Waals surface area contributed by atoms with Crippen LogP contribution in [0.2, 0.25) is 18.6 Å². The van der Waals surface area contributed by atoms with Crippen molar-refractivity contribution < 1.29 is 42.6 Å². The lowest BCUT2D eigenvalue weighted by Gasteiger charge is -2.32. The van der Waals surface area contributed by atoms with E-state index >= 15 is 8.90 Å². The molecule has 6 aromatic rings. The Morgan fingerprint density at radius 3 is 1.85 bits per heavy atom. The fraction of sp³-hybridized carbons (Fsp3) is 0.259. The van der Waals surface area contributed by atoms with Gasteiger partial charge in [0, 0.05) is 34.9 Å². The van der Waals surface area contributed by atoms with Crippen LogP contribution < -0.4 is 24.2 Å². The zero-order valence-electron chi connectivity index (χ0n) is 37.8. The van der Waals surface area contributed by atoms with E-state index in [-0.39, 0.29) is 43.3 Å². The molecule has 2 saturated heterocycles. The van der Waals surface area contributed by atoms with Crippen molar-refractivity contribution in [3.63, 3.8) is 0 Å². The minimum absolute atomic E-state index is 0.0864. The predicted octanol–water partition coefficient (Wildman–Crippen LogP) is 10.6. The number of rotatable bonds is 8. The van der Waals surface area contributed by atoms with Crippen molar-refractivity contribution in [1.82, 2.24) is 4.90 Å². The van der Waals surface area contributed by atoms with Gasteiger partial charge in [0.25, 0.3) is 17.7 Å². The Hall–Kier alpha value is -7.13. The number of likely N-dealkylation sites (tertiary alicyclic amines) is 1. The highest BCUT2D eigenvalue weighted by atomic mass is 28.4. The standard InChI is InChI=1S/C54H49FN4O8Si/c1-33-50(68(2,3)55)48(30-49(61)56-28-12-13-37(56)32-60)67-54(33)40-29-36(59-43-17-7-11-21-47(43)66-45-19-9-5-15-39(45)52(59)63)26-27-41(40)57(53(54)64)31-34-22-24-35(25-23-34)58-42-16-6-10-20-46(42)65-44-18-8-4-14-38(44)51(58)62/h4-11,14-27,29,33,37,48,50,60H,12-13,28,30-32H2,1-3H3/t33-,37+,48+,50-,54+/m1/s1. The van der Waals surface area contributed by atoms with Crippen LogP contribution in [-0.4, -0.2) is 67.3 Å². The summed E-state index contributed by atoms with van der Waals surface area (Å²) >= 11 is 0. The summed E-state index contributed by atoms with van der Waals surface area (Å²) in [6, 6.07) is 41.2. The van der Waals surface area contributed by atoms with Gasteiger partial charge in [0.15, 0.2) is 17.1 Å². The molecular weight excluding hydrogens is 880 g/mol. The first-order chi connectivity index (χ1) is 32.9. The third kappa shape index (κ3) is 6.91. The number of aliphatic hydroxyl groups excluding tert-OH is 1. The molecule has 1 N–H and O–H groups in total. The Bertz CT molecular complexity index is 3030. The van der Waals surface area contributed by atoms with Crippen LogP contribution in [0.4, 0.5) is 32.5 Å². The highest BCUT2D eigenvalue weighted by Gasteiger charge is 2.67. The molecule has 4 amide bonds. The van der Waals surface area contributed by atoms with E-state index < -0.39 is 37.5 Å². The Labute approximate surface area is 394 Å². The summed E-state index contributed by atoms with van der Waals surface area (Å²) in [5.41, 5.74) is 2.08. The maximum Gasteiger partial charge on any atom is 0.266 e. The van der Waals surface area contributed by atoms with Gasteiger partial charge in [-0.15, -0.1) is 0 Å². The van der Waals surface area contributed by atoms with Gasteiger partial charge in [-0.3, -0.25) is 29.0 Å². The number of fused-ring (bicyclic) bond motifs is 6. The second-order valence-corrected chi connectivity index (χ2v) is 22.5. The summed E-state index contributed by atoms with van der Waals surface area (Å²) < 4.78 is 36.6. The van der Waals surface area contributed by atoms with Gasteiger partial charge in [-0.25, -0.2) is 0 Å². The second kappa shape index (κ2) is 16.6. The van der Waals surface area contributed by atoms with E-state index in [1.54, 1.807) is 105 Å². The molecule has 0 unspecified atom stereocenters. The molecule has 0 bridgehead atoms. The maximum atomic E-state index is 17.0. The van der Waals surface area contributed by atoms with E-state index in [9.17, 15) is 19.5 Å². The van der Waals surface area contributed by atoms with Crippen LogP contribution in [0, 0.1) is 5.92 Å². The number of carbonyl (C=O) groups excluding carboxylic acids is 4. The molecule has 14 heteroatoms. The van der Waals surface area contributed by atoms with Gasteiger partial charge in [-0.2, -0.15) is 0 Å². The van der Waals surface area contributed by atoms with E-state index in [1.807, 2.05) is 73.7 Å². The van der Waals surface area contributed by atoms with Gasteiger partial charge in [0.1, 0.15) is 11.5 Å². The molecule has 0 aromatic heterocycles. The number of benzene rings is 6. The molecule has 12 nitrogen and oxygen atoms in total. The van der Waals surface area contributed by atoms with Crippen molar-refractivity contribution in [2.45, 2.75) is 69.1 Å². The van der Waals surface area contributed by atoms with E-state index in [2.05, 4.69) is 0 Å². The number of anilines is 5. The summed E-state index contributed by atoms with van der Waals surface area (Å²) in [6.07, 6.45) is 0.311. The fourth-order valence-electron chi connectivity index (χ4n) is 11.2. The summed E-state index contributed by atoms with van der Waals surface area (Å²) in [5.74, 6) is -0.147. The number of halogens is 1. The first kappa shape index (κ1) is 43.4.